The largest absolute Gasteiger partial charge is 0.462 e. The molecule has 0 radical (unpaired) electrons. The van der Waals surface area contributed by atoms with Crippen molar-refractivity contribution in [2.45, 2.75) is 45.4 Å². The quantitative estimate of drug-likeness (QED) is 0.512. The number of benzene rings is 1. The molecule has 8 nitrogen and oxygen atoms in total. The fourth-order valence-electron chi connectivity index (χ4n) is 2.92. The monoisotopic (exact) mass is 481 g/mol. The number of carbonyl (C=O) groups excluding carboxylic acids is 3. The molecule has 0 fully saturated rings. The summed E-state index contributed by atoms with van der Waals surface area (Å²) in [4.78, 5) is 37.5. The molecule has 174 valence electrons. The number of anilines is 1. The smallest absolute Gasteiger partial charge is 0.348 e. The highest BCUT2D eigenvalue weighted by Gasteiger charge is 2.27. The number of ether oxygens (including phenoxy) is 2. The number of sulfone groups is 1. The molecular weight excluding hydrogens is 454 g/mol. The van der Waals surface area contributed by atoms with Crippen LogP contribution in [0.3, 0.4) is 0 Å². The van der Waals surface area contributed by atoms with E-state index in [0.717, 1.165) is 16.9 Å². The molecule has 10 heteroatoms. The van der Waals surface area contributed by atoms with Gasteiger partial charge in [-0.15, -0.1) is 11.3 Å². The number of hydrogen-bond acceptors (Lipinski definition) is 8. The molecule has 2 aromatic rings. The maximum Gasteiger partial charge on any atom is 0.348 e. The van der Waals surface area contributed by atoms with Gasteiger partial charge in [0.15, 0.2) is 9.84 Å². The fourth-order valence-corrected chi connectivity index (χ4v) is 5.33. The van der Waals surface area contributed by atoms with Crippen molar-refractivity contribution in [3.8, 4) is 0 Å². The summed E-state index contributed by atoms with van der Waals surface area (Å²) < 4.78 is 34.9. The fraction of sp³-hybridized carbons (Fsp3) is 0.409. The van der Waals surface area contributed by atoms with Crippen molar-refractivity contribution in [2.24, 2.45) is 0 Å². The van der Waals surface area contributed by atoms with E-state index in [2.05, 4.69) is 5.32 Å². The number of aryl methyl sites for hydroxylation is 1. The van der Waals surface area contributed by atoms with Crippen LogP contribution < -0.4 is 5.32 Å². The van der Waals surface area contributed by atoms with Gasteiger partial charge in [0.05, 0.1) is 29.4 Å². The van der Waals surface area contributed by atoms with Gasteiger partial charge in [-0.3, -0.25) is 4.79 Å². The van der Waals surface area contributed by atoms with Crippen molar-refractivity contribution < 1.29 is 32.3 Å². The Balaban J connectivity index is 2.11. The zero-order valence-corrected chi connectivity index (χ0v) is 20.2. The van der Waals surface area contributed by atoms with Gasteiger partial charge in [0, 0.05) is 6.42 Å². The second-order valence-electron chi connectivity index (χ2n) is 6.98. The second kappa shape index (κ2) is 11.2. The first-order chi connectivity index (χ1) is 15.1. The minimum atomic E-state index is -3.51. The van der Waals surface area contributed by atoms with Gasteiger partial charge >= 0.3 is 11.9 Å². The molecule has 0 atom stereocenters. The van der Waals surface area contributed by atoms with Crippen LogP contribution in [0.4, 0.5) is 5.00 Å². The van der Waals surface area contributed by atoms with E-state index in [1.54, 1.807) is 45.0 Å². The highest BCUT2D eigenvalue weighted by Crippen LogP contribution is 2.34. The van der Waals surface area contributed by atoms with Gasteiger partial charge < -0.3 is 14.8 Å². The first-order valence-electron chi connectivity index (χ1n) is 10.2. The van der Waals surface area contributed by atoms with E-state index in [1.165, 1.54) is 0 Å². The van der Waals surface area contributed by atoms with Gasteiger partial charge in [-0.1, -0.05) is 17.7 Å². The van der Waals surface area contributed by atoms with Crippen LogP contribution in [0.1, 0.15) is 57.8 Å². The maximum atomic E-state index is 12.5. The van der Waals surface area contributed by atoms with Gasteiger partial charge in [-0.25, -0.2) is 18.0 Å². The normalized spacial score (nSPS) is 11.1. The van der Waals surface area contributed by atoms with Crippen LogP contribution in [0.2, 0.25) is 0 Å². The summed E-state index contributed by atoms with van der Waals surface area (Å²) in [6.45, 7) is 7.07. The topological polar surface area (TPSA) is 116 Å². The predicted octanol–water partition coefficient (Wildman–Crippen LogP) is 3.91. The van der Waals surface area contributed by atoms with Crippen molar-refractivity contribution in [1.29, 1.82) is 0 Å². The minimum Gasteiger partial charge on any atom is -0.462 e. The Morgan fingerprint density at radius 2 is 1.56 bits per heavy atom. The predicted molar refractivity (Wildman–Crippen MR) is 122 cm³/mol. The summed E-state index contributed by atoms with van der Waals surface area (Å²) in [6.07, 6.45) is 0.0327. The van der Waals surface area contributed by atoms with Crippen molar-refractivity contribution in [1.82, 2.24) is 0 Å². The third kappa shape index (κ3) is 6.39. The third-order valence-electron chi connectivity index (χ3n) is 4.54. The summed E-state index contributed by atoms with van der Waals surface area (Å²) in [7, 11) is -3.51. The molecule has 1 N–H and O–H groups in total. The molecule has 1 aromatic carbocycles. The van der Waals surface area contributed by atoms with E-state index in [9.17, 15) is 22.8 Å². The van der Waals surface area contributed by atoms with Crippen LogP contribution in [-0.4, -0.2) is 45.2 Å². The molecular formula is C22H27NO7S2. The summed E-state index contributed by atoms with van der Waals surface area (Å²) in [6, 6.07) is 6.52. The number of hydrogen-bond donors (Lipinski definition) is 1. The minimum absolute atomic E-state index is 0.0704. The van der Waals surface area contributed by atoms with Crippen molar-refractivity contribution in [3.63, 3.8) is 0 Å². The number of rotatable bonds is 10. The number of nitrogens with one attached hydrogen (secondary N) is 1. The molecule has 0 aliphatic carbocycles. The van der Waals surface area contributed by atoms with E-state index in [4.69, 9.17) is 9.47 Å². The Hall–Kier alpha value is -2.72. The molecule has 1 heterocycles. The first-order valence-corrected chi connectivity index (χ1v) is 12.6. The molecule has 0 saturated carbocycles. The lowest BCUT2D eigenvalue weighted by Gasteiger charge is -2.08. The highest BCUT2D eigenvalue weighted by atomic mass is 32.2. The van der Waals surface area contributed by atoms with E-state index in [-0.39, 0.29) is 52.1 Å². The summed E-state index contributed by atoms with van der Waals surface area (Å²) in [5.74, 6) is -1.91. The Labute approximate surface area is 191 Å². The van der Waals surface area contributed by atoms with E-state index < -0.39 is 27.7 Å². The zero-order chi connectivity index (χ0) is 23.9. The summed E-state index contributed by atoms with van der Waals surface area (Å²) >= 11 is 0.928. The number of carbonyl (C=O) groups is 3. The molecule has 0 aliphatic heterocycles. The standard InChI is InChI=1S/C22H27NO7S2/c1-5-29-21(25)18-15(4)19(22(26)30-6-2)31-20(18)23-17(24)8-7-13-32(27,28)16-11-9-14(3)10-12-16/h9-12H,5-8,13H2,1-4H3,(H,23,24). The molecule has 1 aromatic heterocycles. The number of thiophene rings is 1. The van der Waals surface area contributed by atoms with Crippen LogP contribution >= 0.6 is 11.3 Å². The first kappa shape index (κ1) is 25.5. The number of esters is 2. The van der Waals surface area contributed by atoms with E-state index in [0.29, 0.717) is 5.56 Å². The van der Waals surface area contributed by atoms with Gasteiger partial charge in [0.2, 0.25) is 5.91 Å². The van der Waals surface area contributed by atoms with E-state index >= 15 is 0 Å². The summed E-state index contributed by atoms with van der Waals surface area (Å²) in [5, 5.41) is 2.79. The zero-order valence-electron chi connectivity index (χ0n) is 18.5. The van der Waals surface area contributed by atoms with Crippen LogP contribution in [0.15, 0.2) is 29.2 Å². The lowest BCUT2D eigenvalue weighted by molar-refractivity contribution is -0.116. The molecule has 0 aliphatic rings. The summed E-state index contributed by atoms with van der Waals surface area (Å²) in [5.41, 5.74) is 1.42. The lowest BCUT2D eigenvalue weighted by Crippen LogP contribution is -2.16. The molecule has 0 saturated heterocycles. The Bertz CT molecular complexity index is 1090. The van der Waals surface area contributed by atoms with Gasteiger partial charge in [-0.05, 0) is 51.8 Å². The average molecular weight is 482 g/mol. The van der Waals surface area contributed by atoms with Crippen LogP contribution in [-0.2, 0) is 24.1 Å². The molecule has 0 bridgehead atoms. The molecule has 0 spiro atoms. The Morgan fingerprint density at radius 1 is 0.969 bits per heavy atom. The molecule has 1 amide bonds. The van der Waals surface area contributed by atoms with Crippen molar-refractivity contribution >= 4 is 44.0 Å². The molecule has 32 heavy (non-hydrogen) atoms. The van der Waals surface area contributed by atoms with Gasteiger partial charge in [0.1, 0.15) is 9.88 Å². The molecule has 0 unspecified atom stereocenters. The van der Waals surface area contributed by atoms with E-state index in [1.807, 2.05) is 6.92 Å². The maximum absolute atomic E-state index is 12.5. The van der Waals surface area contributed by atoms with Crippen molar-refractivity contribution in [2.75, 3.05) is 24.3 Å². The van der Waals surface area contributed by atoms with Crippen LogP contribution in [0.5, 0.6) is 0 Å². The second-order valence-corrected chi connectivity index (χ2v) is 10.1. The SMILES string of the molecule is CCOC(=O)c1sc(NC(=O)CCCS(=O)(=O)c2ccc(C)cc2)c(C(=O)OCC)c1C. The Morgan fingerprint density at radius 3 is 2.16 bits per heavy atom. The van der Waals surface area contributed by atoms with Gasteiger partial charge in [-0.2, -0.15) is 0 Å². The van der Waals surface area contributed by atoms with Crippen LogP contribution in [0.25, 0.3) is 0 Å². The third-order valence-corrected chi connectivity index (χ3v) is 7.54. The van der Waals surface area contributed by atoms with Crippen molar-refractivity contribution in [3.05, 3.63) is 45.8 Å². The van der Waals surface area contributed by atoms with Gasteiger partial charge in [0.25, 0.3) is 0 Å². The number of amides is 1. The highest BCUT2D eigenvalue weighted by molar-refractivity contribution is 7.91. The Kier molecular flexibility index (Phi) is 8.97. The average Bonchev–Trinajstić information content (AvgIpc) is 3.04. The lowest BCUT2D eigenvalue weighted by atomic mass is 10.1. The molecule has 2 rings (SSSR count). The van der Waals surface area contributed by atoms with Crippen LogP contribution in [0, 0.1) is 13.8 Å².